The van der Waals surface area contributed by atoms with Crippen LogP contribution < -0.4 is 10.9 Å². The Bertz CT molecular complexity index is 1250. The number of aromatic nitrogens is 4. The van der Waals surface area contributed by atoms with Gasteiger partial charge in [-0.05, 0) is 44.4 Å². The number of aliphatic hydroxyl groups excluding tert-OH is 1. The summed E-state index contributed by atoms with van der Waals surface area (Å²) < 4.78 is 19.1. The number of ether oxygens (including phenoxy) is 1. The molecule has 2 aromatic carbocycles. The zero-order valence-corrected chi connectivity index (χ0v) is 16.4. The number of rotatable bonds is 7. The molecular formula is C20H21FN6O3. The van der Waals surface area contributed by atoms with Crippen molar-refractivity contribution in [1.29, 1.82) is 0 Å². The van der Waals surface area contributed by atoms with Gasteiger partial charge in [0.15, 0.2) is 0 Å². The van der Waals surface area contributed by atoms with E-state index in [2.05, 4.69) is 25.5 Å². The number of anilines is 1. The summed E-state index contributed by atoms with van der Waals surface area (Å²) >= 11 is 0. The van der Waals surface area contributed by atoms with Crippen LogP contribution >= 0.6 is 0 Å². The summed E-state index contributed by atoms with van der Waals surface area (Å²) in [7, 11) is 3.82. The van der Waals surface area contributed by atoms with Crippen LogP contribution in [0.4, 0.5) is 10.3 Å². The average molecular weight is 412 g/mol. The van der Waals surface area contributed by atoms with Gasteiger partial charge in [0.2, 0.25) is 12.4 Å². The molecule has 2 heterocycles. The maximum absolute atomic E-state index is 13.8. The van der Waals surface area contributed by atoms with Gasteiger partial charge in [-0.1, -0.05) is 6.07 Å². The second-order valence-electron chi connectivity index (χ2n) is 7.08. The topological polar surface area (TPSA) is 119 Å². The third-order valence-electron chi connectivity index (χ3n) is 4.58. The van der Waals surface area contributed by atoms with E-state index in [4.69, 9.17) is 4.74 Å². The van der Waals surface area contributed by atoms with Crippen molar-refractivity contribution in [3.05, 3.63) is 52.6 Å². The minimum atomic E-state index is -1.21. The SMILES string of the molecule is CN(C)CCOC(O)Nc1nc2cc(-c3n[nH]c(=O)c4ccc(F)cc34)ccc2[nH]1. The molecule has 30 heavy (non-hydrogen) atoms. The van der Waals surface area contributed by atoms with Crippen LogP contribution in [0.5, 0.6) is 0 Å². The highest BCUT2D eigenvalue weighted by Crippen LogP contribution is 2.27. The number of benzene rings is 2. The molecule has 9 nitrogen and oxygen atoms in total. The molecule has 0 radical (unpaired) electrons. The number of imidazole rings is 1. The van der Waals surface area contributed by atoms with Gasteiger partial charge < -0.3 is 25.0 Å². The first kappa shape index (κ1) is 20.0. The molecule has 4 N–H and O–H groups in total. The number of H-pyrrole nitrogens is 2. The first-order chi connectivity index (χ1) is 14.4. The number of aliphatic hydroxyl groups is 1. The van der Waals surface area contributed by atoms with Crippen LogP contribution in [0.15, 0.2) is 41.2 Å². The largest absolute Gasteiger partial charge is 0.351 e. The molecule has 4 rings (SSSR count). The first-order valence-electron chi connectivity index (χ1n) is 9.30. The van der Waals surface area contributed by atoms with Gasteiger partial charge in [-0.15, -0.1) is 0 Å². The lowest BCUT2D eigenvalue weighted by Gasteiger charge is -2.14. The van der Waals surface area contributed by atoms with Crippen LogP contribution in [0.2, 0.25) is 0 Å². The van der Waals surface area contributed by atoms with Gasteiger partial charge in [0, 0.05) is 17.5 Å². The maximum atomic E-state index is 13.8. The summed E-state index contributed by atoms with van der Waals surface area (Å²) in [6.07, 6.45) is -1.21. The van der Waals surface area contributed by atoms with Crippen LogP contribution in [0.3, 0.4) is 0 Å². The minimum absolute atomic E-state index is 0.338. The van der Waals surface area contributed by atoms with E-state index in [1.54, 1.807) is 18.2 Å². The summed E-state index contributed by atoms with van der Waals surface area (Å²) in [6.45, 7) is 1.02. The van der Waals surface area contributed by atoms with E-state index in [0.29, 0.717) is 46.6 Å². The van der Waals surface area contributed by atoms with E-state index in [1.807, 2.05) is 19.0 Å². The summed E-state index contributed by atoms with van der Waals surface area (Å²) in [5, 5.41) is 20.0. The van der Waals surface area contributed by atoms with E-state index < -0.39 is 12.2 Å². The Morgan fingerprint density at radius 1 is 1.23 bits per heavy atom. The number of halogens is 1. The van der Waals surface area contributed by atoms with Gasteiger partial charge >= 0.3 is 0 Å². The van der Waals surface area contributed by atoms with Gasteiger partial charge in [-0.2, -0.15) is 5.10 Å². The smallest absolute Gasteiger partial charge is 0.272 e. The van der Waals surface area contributed by atoms with Crippen molar-refractivity contribution in [3.8, 4) is 11.3 Å². The molecule has 0 saturated heterocycles. The Hall–Kier alpha value is -3.34. The van der Waals surface area contributed by atoms with E-state index in [-0.39, 0.29) is 5.56 Å². The Morgan fingerprint density at radius 2 is 2.07 bits per heavy atom. The van der Waals surface area contributed by atoms with E-state index in [9.17, 15) is 14.3 Å². The van der Waals surface area contributed by atoms with Crippen molar-refractivity contribution in [1.82, 2.24) is 25.1 Å². The average Bonchev–Trinajstić information content (AvgIpc) is 3.09. The quantitative estimate of drug-likeness (QED) is 0.342. The third-order valence-corrected chi connectivity index (χ3v) is 4.58. The number of hydrogen-bond donors (Lipinski definition) is 4. The Morgan fingerprint density at radius 3 is 2.87 bits per heavy atom. The van der Waals surface area contributed by atoms with Crippen LogP contribution in [-0.2, 0) is 4.74 Å². The van der Waals surface area contributed by atoms with Crippen molar-refractivity contribution in [2.24, 2.45) is 0 Å². The molecule has 2 aromatic heterocycles. The molecular weight excluding hydrogens is 391 g/mol. The molecule has 0 bridgehead atoms. The molecule has 0 spiro atoms. The summed E-state index contributed by atoms with van der Waals surface area (Å²) in [5.74, 6) is -0.114. The van der Waals surface area contributed by atoms with Crippen LogP contribution in [-0.4, -0.2) is 63.8 Å². The number of likely N-dealkylation sites (N-methyl/N-ethyl adjacent to an activating group) is 1. The van der Waals surface area contributed by atoms with E-state index >= 15 is 0 Å². The zero-order valence-electron chi connectivity index (χ0n) is 16.4. The third kappa shape index (κ3) is 4.15. The Balaban J connectivity index is 1.62. The number of aromatic amines is 2. The molecule has 10 heteroatoms. The molecule has 0 aliphatic rings. The monoisotopic (exact) mass is 412 g/mol. The van der Waals surface area contributed by atoms with Crippen LogP contribution in [0.1, 0.15) is 0 Å². The van der Waals surface area contributed by atoms with E-state index in [1.165, 1.54) is 18.2 Å². The van der Waals surface area contributed by atoms with Crippen molar-refractivity contribution < 1.29 is 14.2 Å². The summed E-state index contributed by atoms with van der Waals surface area (Å²) in [5.41, 5.74) is 2.05. The molecule has 4 aromatic rings. The second kappa shape index (κ2) is 8.19. The van der Waals surface area contributed by atoms with Gasteiger partial charge in [-0.3, -0.25) is 4.79 Å². The molecule has 156 valence electrons. The predicted molar refractivity (Wildman–Crippen MR) is 112 cm³/mol. The van der Waals surface area contributed by atoms with E-state index in [0.717, 1.165) is 5.52 Å². The highest BCUT2D eigenvalue weighted by molar-refractivity contribution is 5.95. The highest BCUT2D eigenvalue weighted by atomic mass is 19.1. The van der Waals surface area contributed by atoms with Crippen molar-refractivity contribution in [2.45, 2.75) is 6.41 Å². The molecule has 1 unspecified atom stereocenters. The minimum Gasteiger partial charge on any atom is -0.351 e. The molecule has 0 fully saturated rings. The molecule has 1 atom stereocenters. The fourth-order valence-corrected chi connectivity index (χ4v) is 3.08. The second-order valence-corrected chi connectivity index (χ2v) is 7.08. The summed E-state index contributed by atoms with van der Waals surface area (Å²) in [4.78, 5) is 21.4. The standard InChI is InChI=1S/C20H21FN6O3/c1-27(2)7-8-30-20(29)24-19-22-15-6-3-11(9-16(15)23-19)17-14-10-12(21)4-5-13(14)18(28)26-25-17/h3-6,9-10,20,29H,7-8H2,1-2H3,(H,26,28)(H2,22,23,24). The molecule has 0 aliphatic heterocycles. The van der Waals surface area contributed by atoms with Gasteiger partial charge in [0.25, 0.3) is 5.56 Å². The van der Waals surface area contributed by atoms with Gasteiger partial charge in [0.05, 0.1) is 28.7 Å². The van der Waals surface area contributed by atoms with Crippen molar-refractivity contribution in [3.63, 3.8) is 0 Å². The van der Waals surface area contributed by atoms with Crippen molar-refractivity contribution in [2.75, 3.05) is 32.6 Å². The predicted octanol–water partition coefficient (Wildman–Crippen LogP) is 1.87. The fourth-order valence-electron chi connectivity index (χ4n) is 3.08. The maximum Gasteiger partial charge on any atom is 0.272 e. The molecule has 0 aliphatic carbocycles. The fraction of sp³-hybridized carbons (Fsp3) is 0.250. The Labute approximate surface area is 170 Å². The number of nitrogens with one attached hydrogen (secondary N) is 3. The zero-order chi connectivity index (χ0) is 21.3. The lowest BCUT2D eigenvalue weighted by molar-refractivity contribution is -0.0811. The van der Waals surface area contributed by atoms with Crippen LogP contribution in [0, 0.1) is 5.82 Å². The van der Waals surface area contributed by atoms with Crippen molar-refractivity contribution >= 4 is 27.8 Å². The lowest BCUT2D eigenvalue weighted by Crippen LogP contribution is -2.27. The molecule has 0 saturated carbocycles. The first-order valence-corrected chi connectivity index (χ1v) is 9.30. The number of nitrogens with zero attached hydrogens (tertiary/aromatic N) is 3. The molecule has 0 amide bonds. The summed E-state index contributed by atoms with van der Waals surface area (Å²) in [6, 6.07) is 9.31. The van der Waals surface area contributed by atoms with Gasteiger partial charge in [0.1, 0.15) is 5.82 Å². The Kier molecular flexibility index (Phi) is 5.44. The number of fused-ring (bicyclic) bond motifs is 2. The number of hydrogen-bond acceptors (Lipinski definition) is 7. The van der Waals surface area contributed by atoms with Gasteiger partial charge in [-0.25, -0.2) is 14.5 Å². The highest BCUT2D eigenvalue weighted by Gasteiger charge is 2.13. The lowest BCUT2D eigenvalue weighted by atomic mass is 10.0. The normalized spacial score (nSPS) is 12.7. The van der Waals surface area contributed by atoms with Crippen LogP contribution in [0.25, 0.3) is 33.1 Å².